The monoisotopic (exact) mass is 257 g/mol. The molecule has 1 amide bonds. The van der Waals surface area contributed by atoms with Gasteiger partial charge in [-0.3, -0.25) is 9.69 Å². The van der Waals surface area contributed by atoms with Crippen molar-refractivity contribution in [3.63, 3.8) is 0 Å². The zero-order valence-electron chi connectivity index (χ0n) is 11.0. The number of amides is 1. The first-order chi connectivity index (χ1) is 8.60. The lowest BCUT2D eigenvalue weighted by molar-refractivity contribution is -0.127. The number of nitrogens with zero attached hydrogens (tertiary/aromatic N) is 1. The Morgan fingerprint density at radius 3 is 2.72 bits per heavy atom. The minimum Gasteiger partial charge on any atom is -0.353 e. The van der Waals surface area contributed by atoms with Crippen molar-refractivity contribution in [1.82, 2.24) is 10.2 Å². The predicted molar refractivity (Wildman–Crippen MR) is 69.0 cm³/mol. The second-order valence-electron chi connectivity index (χ2n) is 5.66. The van der Waals surface area contributed by atoms with Crippen LogP contribution in [0.4, 0.5) is 4.39 Å². The van der Waals surface area contributed by atoms with Crippen molar-refractivity contribution in [2.24, 2.45) is 5.73 Å². The highest BCUT2D eigenvalue weighted by Crippen LogP contribution is 2.25. The van der Waals surface area contributed by atoms with Gasteiger partial charge in [-0.1, -0.05) is 19.3 Å². The second kappa shape index (κ2) is 5.97. The normalized spacial score (nSPS) is 28.2. The van der Waals surface area contributed by atoms with Crippen molar-refractivity contribution in [3.05, 3.63) is 0 Å². The van der Waals surface area contributed by atoms with Crippen molar-refractivity contribution in [1.29, 1.82) is 0 Å². The van der Waals surface area contributed by atoms with Gasteiger partial charge >= 0.3 is 0 Å². The first-order valence-electron chi connectivity index (χ1n) is 7.04. The van der Waals surface area contributed by atoms with E-state index in [-0.39, 0.29) is 5.91 Å². The summed E-state index contributed by atoms with van der Waals surface area (Å²) >= 11 is 0. The van der Waals surface area contributed by atoms with E-state index in [2.05, 4.69) is 10.2 Å². The molecule has 1 saturated carbocycles. The quantitative estimate of drug-likeness (QED) is 0.783. The number of hydrogen-bond acceptors (Lipinski definition) is 3. The third-order valence-corrected chi connectivity index (χ3v) is 4.13. The van der Waals surface area contributed by atoms with Gasteiger partial charge in [0.2, 0.25) is 5.91 Å². The molecular weight excluding hydrogens is 233 g/mol. The molecule has 0 radical (unpaired) electrons. The van der Waals surface area contributed by atoms with E-state index in [0.29, 0.717) is 19.5 Å². The molecule has 18 heavy (non-hydrogen) atoms. The standard InChI is InChI=1S/C13H24FN3O/c14-11-4-8-17(10-11)9-7-16-12(18)13(15)5-2-1-3-6-13/h11H,1-10,15H2,(H,16,18)/t11-/m1/s1. The summed E-state index contributed by atoms with van der Waals surface area (Å²) in [6.07, 6.45) is 4.76. The highest BCUT2D eigenvalue weighted by molar-refractivity contribution is 5.86. The number of hydrogen-bond donors (Lipinski definition) is 2. The predicted octanol–water partition coefficient (Wildman–Crippen LogP) is 0.808. The Bertz CT molecular complexity index is 292. The number of halogens is 1. The van der Waals surface area contributed by atoms with Crippen molar-refractivity contribution in [2.45, 2.75) is 50.2 Å². The summed E-state index contributed by atoms with van der Waals surface area (Å²) in [4.78, 5) is 14.1. The van der Waals surface area contributed by atoms with E-state index in [1.807, 2.05) is 0 Å². The van der Waals surface area contributed by atoms with Crippen LogP contribution < -0.4 is 11.1 Å². The van der Waals surface area contributed by atoms with Gasteiger partial charge in [-0.05, 0) is 19.3 Å². The number of nitrogens with two attached hydrogens (primary N) is 1. The molecule has 104 valence electrons. The summed E-state index contributed by atoms with van der Waals surface area (Å²) in [5, 5.41) is 2.91. The summed E-state index contributed by atoms with van der Waals surface area (Å²) in [7, 11) is 0. The van der Waals surface area contributed by atoms with E-state index in [4.69, 9.17) is 5.73 Å². The van der Waals surface area contributed by atoms with Gasteiger partial charge in [-0.25, -0.2) is 4.39 Å². The molecule has 3 N–H and O–H groups in total. The van der Waals surface area contributed by atoms with Gasteiger partial charge in [0.15, 0.2) is 0 Å². The molecule has 5 heteroatoms. The fourth-order valence-corrected chi connectivity index (χ4v) is 2.90. The summed E-state index contributed by atoms with van der Waals surface area (Å²) in [5.41, 5.74) is 5.47. The van der Waals surface area contributed by atoms with Gasteiger partial charge in [-0.2, -0.15) is 0 Å². The Morgan fingerprint density at radius 2 is 2.11 bits per heavy atom. The molecule has 0 spiro atoms. The van der Waals surface area contributed by atoms with Crippen LogP contribution in [0.25, 0.3) is 0 Å². The van der Waals surface area contributed by atoms with Crippen LogP contribution in [0.15, 0.2) is 0 Å². The van der Waals surface area contributed by atoms with Crippen LogP contribution in [0.3, 0.4) is 0 Å². The zero-order chi connectivity index (χ0) is 13.0. The number of alkyl halides is 1. The lowest BCUT2D eigenvalue weighted by atomic mass is 9.82. The molecule has 1 aliphatic carbocycles. The molecule has 2 rings (SSSR count). The maximum atomic E-state index is 13.0. The van der Waals surface area contributed by atoms with Crippen LogP contribution in [-0.2, 0) is 4.79 Å². The Morgan fingerprint density at radius 1 is 1.39 bits per heavy atom. The summed E-state index contributed by atoms with van der Waals surface area (Å²) in [5.74, 6) is -0.0294. The van der Waals surface area contributed by atoms with Crippen LogP contribution in [-0.4, -0.2) is 48.7 Å². The van der Waals surface area contributed by atoms with Crippen LogP contribution in [0.5, 0.6) is 0 Å². The Labute approximate surface area is 108 Å². The molecule has 0 aromatic carbocycles. The van der Waals surface area contributed by atoms with Gasteiger partial charge in [0.25, 0.3) is 0 Å². The van der Waals surface area contributed by atoms with Gasteiger partial charge in [-0.15, -0.1) is 0 Å². The summed E-state index contributed by atoms with van der Waals surface area (Å²) in [6.45, 7) is 2.60. The summed E-state index contributed by atoms with van der Waals surface area (Å²) < 4.78 is 13.0. The van der Waals surface area contributed by atoms with E-state index in [9.17, 15) is 9.18 Å². The number of carbonyl (C=O) groups excluding carboxylic acids is 1. The molecule has 1 heterocycles. The van der Waals surface area contributed by atoms with E-state index in [1.54, 1.807) is 0 Å². The number of likely N-dealkylation sites (tertiary alicyclic amines) is 1. The molecule has 1 saturated heterocycles. The van der Waals surface area contributed by atoms with Gasteiger partial charge < -0.3 is 11.1 Å². The smallest absolute Gasteiger partial charge is 0.240 e. The molecule has 2 fully saturated rings. The Hall–Kier alpha value is -0.680. The van der Waals surface area contributed by atoms with Crippen LogP contribution in [0, 0.1) is 0 Å². The van der Waals surface area contributed by atoms with Crippen molar-refractivity contribution in [3.8, 4) is 0 Å². The lowest BCUT2D eigenvalue weighted by Crippen LogP contribution is -2.55. The first-order valence-corrected chi connectivity index (χ1v) is 7.04. The molecule has 0 aromatic rings. The van der Waals surface area contributed by atoms with E-state index < -0.39 is 11.7 Å². The Balaban J connectivity index is 1.68. The topological polar surface area (TPSA) is 58.4 Å². The van der Waals surface area contributed by atoms with Gasteiger partial charge in [0, 0.05) is 26.2 Å². The van der Waals surface area contributed by atoms with Crippen LogP contribution in [0.2, 0.25) is 0 Å². The average molecular weight is 257 g/mol. The number of rotatable bonds is 4. The third kappa shape index (κ3) is 3.42. The van der Waals surface area contributed by atoms with Crippen LogP contribution in [0.1, 0.15) is 38.5 Å². The highest BCUT2D eigenvalue weighted by atomic mass is 19.1. The van der Waals surface area contributed by atoms with Crippen LogP contribution >= 0.6 is 0 Å². The van der Waals surface area contributed by atoms with Gasteiger partial charge in [0.1, 0.15) is 6.17 Å². The van der Waals surface area contributed by atoms with Crippen molar-refractivity contribution >= 4 is 5.91 Å². The third-order valence-electron chi connectivity index (χ3n) is 4.13. The minimum atomic E-state index is -0.695. The second-order valence-corrected chi connectivity index (χ2v) is 5.66. The fourth-order valence-electron chi connectivity index (χ4n) is 2.90. The molecule has 0 unspecified atom stereocenters. The molecule has 2 aliphatic rings. The van der Waals surface area contributed by atoms with Crippen molar-refractivity contribution < 1.29 is 9.18 Å². The minimum absolute atomic E-state index is 0.0294. The van der Waals surface area contributed by atoms with E-state index in [0.717, 1.165) is 38.8 Å². The van der Waals surface area contributed by atoms with Crippen molar-refractivity contribution in [2.75, 3.05) is 26.2 Å². The summed E-state index contributed by atoms with van der Waals surface area (Å²) in [6, 6.07) is 0. The molecular formula is C13H24FN3O. The maximum absolute atomic E-state index is 13.0. The molecule has 1 aliphatic heterocycles. The lowest BCUT2D eigenvalue weighted by Gasteiger charge is -2.32. The van der Waals surface area contributed by atoms with E-state index >= 15 is 0 Å². The zero-order valence-corrected chi connectivity index (χ0v) is 11.0. The average Bonchev–Trinajstić information content (AvgIpc) is 2.76. The maximum Gasteiger partial charge on any atom is 0.240 e. The molecule has 4 nitrogen and oxygen atoms in total. The molecule has 1 atom stereocenters. The first kappa shape index (κ1) is 13.7. The van der Waals surface area contributed by atoms with Gasteiger partial charge in [0.05, 0.1) is 5.54 Å². The highest BCUT2D eigenvalue weighted by Gasteiger charge is 2.35. The fraction of sp³-hybridized carbons (Fsp3) is 0.923. The number of carbonyl (C=O) groups is 1. The molecule has 0 aromatic heterocycles. The van der Waals surface area contributed by atoms with E-state index in [1.165, 1.54) is 6.42 Å². The molecule has 0 bridgehead atoms. The Kier molecular flexibility index (Phi) is 4.56. The number of nitrogens with one attached hydrogen (secondary N) is 1. The largest absolute Gasteiger partial charge is 0.353 e. The SMILES string of the molecule is NC1(C(=O)NCCN2CC[C@@H](F)C2)CCCCC1.